The summed E-state index contributed by atoms with van der Waals surface area (Å²) in [6.45, 7) is 6.18. The lowest BCUT2D eigenvalue weighted by Gasteiger charge is -2.34. The maximum Gasteiger partial charge on any atom is 0.253 e. The first-order valence-electron chi connectivity index (χ1n) is 15.2. The van der Waals surface area contributed by atoms with E-state index in [9.17, 15) is 4.79 Å². The van der Waals surface area contributed by atoms with Crippen molar-refractivity contribution in [2.75, 3.05) is 44.2 Å². The number of benzene rings is 3. The normalized spacial score (nSPS) is 16.4. The standard InChI is InChI=1S/C35H38ClN5OS/c36-32-24-33(40-17-15-28(16-18-40)23-27-7-3-1-4-8-27)38-35(37-32)43-26-30-11-13-31(14-12-30)34(42)41-21-19-39(20-22-41)25-29-9-5-2-6-10-29/h1-14,24,28H,15-23,25-26H2. The van der Waals surface area contributed by atoms with Gasteiger partial charge in [0.25, 0.3) is 5.91 Å². The van der Waals surface area contributed by atoms with Gasteiger partial charge < -0.3 is 9.80 Å². The minimum absolute atomic E-state index is 0.105. The summed E-state index contributed by atoms with van der Waals surface area (Å²) >= 11 is 8.01. The second-order valence-electron chi connectivity index (χ2n) is 11.5. The first-order chi connectivity index (χ1) is 21.1. The van der Waals surface area contributed by atoms with Gasteiger partial charge in [-0.25, -0.2) is 9.97 Å². The first kappa shape index (κ1) is 29.7. The lowest BCUT2D eigenvalue weighted by molar-refractivity contribution is 0.0628. The molecule has 3 aromatic carbocycles. The molecule has 2 aliphatic heterocycles. The van der Waals surface area contributed by atoms with Crippen LogP contribution < -0.4 is 4.90 Å². The van der Waals surface area contributed by atoms with Crippen LogP contribution in [0.2, 0.25) is 5.15 Å². The molecule has 6 nitrogen and oxygen atoms in total. The summed E-state index contributed by atoms with van der Waals surface area (Å²) in [4.78, 5) is 29.2. The molecule has 8 heteroatoms. The van der Waals surface area contributed by atoms with Crippen LogP contribution in [-0.2, 0) is 18.7 Å². The number of hydrogen-bond acceptors (Lipinski definition) is 6. The highest BCUT2D eigenvalue weighted by atomic mass is 35.5. The summed E-state index contributed by atoms with van der Waals surface area (Å²) in [5.41, 5.74) is 4.59. The Kier molecular flexibility index (Phi) is 9.93. The summed E-state index contributed by atoms with van der Waals surface area (Å²) in [6.07, 6.45) is 3.43. The topological polar surface area (TPSA) is 52.6 Å². The fraction of sp³-hybridized carbons (Fsp3) is 0.343. The molecule has 4 aromatic rings. The monoisotopic (exact) mass is 611 g/mol. The molecule has 0 N–H and O–H groups in total. The molecule has 3 heterocycles. The van der Waals surface area contributed by atoms with E-state index in [2.05, 4.69) is 69.4 Å². The third-order valence-corrected chi connectivity index (χ3v) is 9.56. The molecule has 2 fully saturated rings. The lowest BCUT2D eigenvalue weighted by Crippen LogP contribution is -2.48. The van der Waals surface area contributed by atoms with Crippen LogP contribution in [-0.4, -0.2) is 64.9 Å². The van der Waals surface area contributed by atoms with Gasteiger partial charge in [-0.05, 0) is 54.0 Å². The van der Waals surface area contributed by atoms with Crippen LogP contribution in [0, 0.1) is 5.92 Å². The van der Waals surface area contributed by atoms with Crippen LogP contribution in [0.25, 0.3) is 0 Å². The zero-order chi connectivity index (χ0) is 29.4. The van der Waals surface area contributed by atoms with E-state index in [4.69, 9.17) is 16.6 Å². The minimum Gasteiger partial charge on any atom is -0.356 e. The highest BCUT2D eigenvalue weighted by Gasteiger charge is 2.23. The van der Waals surface area contributed by atoms with Crippen LogP contribution in [0.1, 0.15) is 39.9 Å². The van der Waals surface area contributed by atoms with E-state index in [-0.39, 0.29) is 5.91 Å². The van der Waals surface area contributed by atoms with Crippen molar-refractivity contribution in [3.63, 3.8) is 0 Å². The molecule has 2 aliphatic rings. The van der Waals surface area contributed by atoms with Crippen molar-refractivity contribution in [1.82, 2.24) is 19.8 Å². The van der Waals surface area contributed by atoms with E-state index in [1.165, 1.54) is 11.1 Å². The number of nitrogens with zero attached hydrogens (tertiary/aromatic N) is 5. The van der Waals surface area contributed by atoms with Crippen molar-refractivity contribution in [1.29, 1.82) is 0 Å². The number of thioether (sulfide) groups is 1. The van der Waals surface area contributed by atoms with Crippen LogP contribution in [0.5, 0.6) is 0 Å². The number of amides is 1. The number of aromatic nitrogens is 2. The van der Waals surface area contributed by atoms with Crippen LogP contribution in [0.4, 0.5) is 5.82 Å². The SMILES string of the molecule is O=C(c1ccc(CSc2nc(Cl)cc(N3CCC(Cc4ccccc4)CC3)n2)cc1)N1CCN(Cc2ccccc2)CC1. The van der Waals surface area contributed by atoms with Crippen LogP contribution in [0.3, 0.4) is 0 Å². The molecule has 222 valence electrons. The Hall–Kier alpha value is -3.39. The van der Waals surface area contributed by atoms with E-state index in [0.717, 1.165) is 82.0 Å². The number of rotatable bonds is 9. The van der Waals surface area contributed by atoms with Gasteiger partial charge in [-0.3, -0.25) is 9.69 Å². The molecule has 0 spiro atoms. The fourth-order valence-electron chi connectivity index (χ4n) is 5.95. The van der Waals surface area contributed by atoms with Gasteiger partial charge >= 0.3 is 0 Å². The first-order valence-corrected chi connectivity index (χ1v) is 16.6. The molecule has 0 saturated carbocycles. The quantitative estimate of drug-likeness (QED) is 0.117. The molecule has 2 saturated heterocycles. The van der Waals surface area contributed by atoms with Crippen LogP contribution >= 0.6 is 23.4 Å². The van der Waals surface area contributed by atoms with Gasteiger partial charge in [0.1, 0.15) is 11.0 Å². The van der Waals surface area contributed by atoms with Gasteiger partial charge in [-0.15, -0.1) is 0 Å². The third-order valence-electron chi connectivity index (χ3n) is 8.44. The zero-order valence-electron chi connectivity index (χ0n) is 24.4. The molecule has 0 radical (unpaired) electrons. The Morgan fingerprint density at radius 1 is 0.767 bits per heavy atom. The smallest absolute Gasteiger partial charge is 0.253 e. The predicted octanol–water partition coefficient (Wildman–Crippen LogP) is 6.84. The van der Waals surface area contributed by atoms with Gasteiger partial charge in [0.2, 0.25) is 0 Å². The van der Waals surface area contributed by atoms with Crippen LogP contribution in [0.15, 0.2) is 96.2 Å². The number of piperazine rings is 1. The summed E-state index contributed by atoms with van der Waals surface area (Å²) in [5, 5.41) is 1.16. The summed E-state index contributed by atoms with van der Waals surface area (Å²) in [5.74, 6) is 2.43. The Balaban J connectivity index is 0.978. The molecule has 1 aromatic heterocycles. The zero-order valence-corrected chi connectivity index (χ0v) is 26.0. The Bertz CT molecular complexity index is 1470. The highest BCUT2D eigenvalue weighted by Crippen LogP contribution is 2.29. The van der Waals surface area contributed by atoms with Crippen molar-refractivity contribution in [2.24, 2.45) is 5.92 Å². The molecule has 0 aliphatic carbocycles. The number of hydrogen-bond donors (Lipinski definition) is 0. The maximum atomic E-state index is 13.2. The lowest BCUT2D eigenvalue weighted by atomic mass is 9.90. The maximum absolute atomic E-state index is 13.2. The van der Waals surface area contributed by atoms with E-state index >= 15 is 0 Å². The predicted molar refractivity (Wildman–Crippen MR) is 176 cm³/mol. The molecule has 0 bridgehead atoms. The number of piperidine rings is 1. The van der Waals surface area contributed by atoms with Gasteiger partial charge in [0.15, 0.2) is 5.16 Å². The molecular weight excluding hydrogens is 574 g/mol. The molecule has 43 heavy (non-hydrogen) atoms. The highest BCUT2D eigenvalue weighted by molar-refractivity contribution is 7.98. The second kappa shape index (κ2) is 14.4. The average molecular weight is 612 g/mol. The van der Waals surface area contributed by atoms with Gasteiger partial charge in [0.05, 0.1) is 0 Å². The summed E-state index contributed by atoms with van der Waals surface area (Å²) in [6, 6.07) is 31.1. The molecule has 0 atom stereocenters. The van der Waals surface area contributed by atoms with Crippen molar-refractivity contribution in [3.05, 3.63) is 118 Å². The van der Waals surface area contributed by atoms with E-state index in [1.807, 2.05) is 41.3 Å². The van der Waals surface area contributed by atoms with E-state index in [1.54, 1.807) is 11.8 Å². The average Bonchev–Trinajstić information content (AvgIpc) is 3.05. The fourth-order valence-corrected chi connectivity index (χ4v) is 6.99. The number of anilines is 1. The summed E-state index contributed by atoms with van der Waals surface area (Å²) in [7, 11) is 0. The Morgan fingerprint density at radius 3 is 2.09 bits per heavy atom. The van der Waals surface area contributed by atoms with E-state index < -0.39 is 0 Å². The number of halogens is 1. The molecule has 0 unspecified atom stereocenters. The van der Waals surface area contributed by atoms with Crippen molar-refractivity contribution >= 4 is 35.1 Å². The minimum atomic E-state index is 0.105. The molecular formula is C35H38ClN5OS. The third kappa shape index (κ3) is 8.17. The Morgan fingerprint density at radius 2 is 1.42 bits per heavy atom. The second-order valence-corrected chi connectivity index (χ2v) is 12.8. The molecule has 6 rings (SSSR count). The van der Waals surface area contributed by atoms with Gasteiger partial charge in [-0.1, -0.05) is 96.2 Å². The van der Waals surface area contributed by atoms with Crippen molar-refractivity contribution in [2.45, 2.75) is 36.7 Å². The summed E-state index contributed by atoms with van der Waals surface area (Å²) < 4.78 is 0. The number of carbonyl (C=O) groups is 1. The largest absolute Gasteiger partial charge is 0.356 e. The number of carbonyl (C=O) groups excluding carboxylic acids is 1. The van der Waals surface area contributed by atoms with Gasteiger partial charge in [0, 0.05) is 63.2 Å². The van der Waals surface area contributed by atoms with Crippen molar-refractivity contribution < 1.29 is 4.79 Å². The Labute approximate surface area is 264 Å². The molecule has 1 amide bonds. The van der Waals surface area contributed by atoms with Gasteiger partial charge in [-0.2, -0.15) is 0 Å². The van der Waals surface area contributed by atoms with Crippen molar-refractivity contribution in [3.8, 4) is 0 Å². The van der Waals surface area contributed by atoms with E-state index in [0.29, 0.717) is 22.0 Å².